The van der Waals surface area contributed by atoms with E-state index in [4.69, 9.17) is 0 Å². The Kier molecular flexibility index (Phi) is 5.03. The van der Waals surface area contributed by atoms with Gasteiger partial charge in [0.2, 0.25) is 5.91 Å². The third kappa shape index (κ3) is 3.84. The second-order valence-corrected chi connectivity index (χ2v) is 7.74. The Labute approximate surface area is 178 Å². The molecule has 0 unspecified atom stereocenters. The van der Waals surface area contributed by atoms with Crippen LogP contribution in [0.2, 0.25) is 0 Å². The number of hydrogen-bond donors (Lipinski definition) is 0. The summed E-state index contributed by atoms with van der Waals surface area (Å²) in [6.07, 6.45) is 4.56. The molecule has 1 fully saturated rings. The monoisotopic (exact) mass is 414 g/mol. The summed E-state index contributed by atoms with van der Waals surface area (Å²) in [5.41, 5.74) is 2.40. The number of carbonyl (C=O) groups excluding carboxylic acids is 1. The lowest BCUT2D eigenvalue weighted by atomic mass is 10.2. The van der Waals surface area contributed by atoms with E-state index in [9.17, 15) is 9.59 Å². The van der Waals surface area contributed by atoms with Gasteiger partial charge in [-0.1, -0.05) is 47.7 Å². The van der Waals surface area contributed by atoms with Crippen LogP contribution < -0.4 is 5.56 Å². The van der Waals surface area contributed by atoms with Gasteiger partial charge in [0.1, 0.15) is 5.69 Å². The van der Waals surface area contributed by atoms with Crippen molar-refractivity contribution < 1.29 is 4.79 Å². The van der Waals surface area contributed by atoms with E-state index in [0.717, 1.165) is 17.7 Å². The van der Waals surface area contributed by atoms with Crippen LogP contribution in [-0.4, -0.2) is 48.4 Å². The van der Waals surface area contributed by atoms with Crippen molar-refractivity contribution in [3.63, 3.8) is 0 Å². The second kappa shape index (κ2) is 8.14. The minimum Gasteiger partial charge on any atom is -0.340 e. The summed E-state index contributed by atoms with van der Waals surface area (Å²) in [7, 11) is 0. The number of fused-ring (bicyclic) bond motifs is 1. The van der Waals surface area contributed by atoms with Crippen LogP contribution in [0.15, 0.2) is 71.9 Å². The molecule has 1 atom stereocenters. The van der Waals surface area contributed by atoms with E-state index >= 15 is 0 Å². The first kappa shape index (κ1) is 19.2. The molecule has 0 radical (unpaired) electrons. The van der Waals surface area contributed by atoms with Crippen LogP contribution in [0.25, 0.3) is 22.2 Å². The van der Waals surface area contributed by atoms with Gasteiger partial charge in [-0.15, -0.1) is 5.10 Å². The highest BCUT2D eigenvalue weighted by Gasteiger charge is 2.28. The maximum absolute atomic E-state index is 12.7. The van der Waals surface area contributed by atoms with Gasteiger partial charge in [-0.3, -0.25) is 14.2 Å². The largest absolute Gasteiger partial charge is 0.340 e. The van der Waals surface area contributed by atoms with Crippen LogP contribution in [0.5, 0.6) is 0 Å². The molecule has 2 aromatic carbocycles. The Morgan fingerprint density at radius 2 is 1.87 bits per heavy atom. The molecular formula is C23H22N6O2. The molecule has 1 saturated heterocycles. The molecule has 8 heteroatoms. The van der Waals surface area contributed by atoms with Gasteiger partial charge in [0.15, 0.2) is 0 Å². The number of hydrogen-bond acceptors (Lipinski definition) is 5. The molecule has 8 nitrogen and oxygen atoms in total. The first-order chi connectivity index (χ1) is 15.2. The standard InChI is InChI=1S/C23H22N6O2/c30-22(11-13-28-16-24-20-9-5-4-8-19(20)23(28)31)27-12-10-18(14-27)29-15-21(25-26-29)17-6-2-1-3-7-17/h1-9,15-16,18H,10-14H2/t18-/m1/s1. The van der Waals surface area contributed by atoms with E-state index in [2.05, 4.69) is 15.3 Å². The Balaban J connectivity index is 1.22. The molecule has 3 heterocycles. The Bertz CT molecular complexity index is 1280. The second-order valence-electron chi connectivity index (χ2n) is 7.74. The smallest absolute Gasteiger partial charge is 0.261 e. The van der Waals surface area contributed by atoms with E-state index in [1.807, 2.05) is 64.3 Å². The van der Waals surface area contributed by atoms with E-state index in [1.54, 1.807) is 6.07 Å². The molecule has 0 N–H and O–H groups in total. The van der Waals surface area contributed by atoms with Gasteiger partial charge in [-0.2, -0.15) is 0 Å². The zero-order valence-corrected chi connectivity index (χ0v) is 17.0. The fraction of sp³-hybridized carbons (Fsp3) is 0.261. The number of benzene rings is 2. The summed E-state index contributed by atoms with van der Waals surface area (Å²) >= 11 is 0. The van der Waals surface area contributed by atoms with E-state index in [1.165, 1.54) is 10.9 Å². The summed E-state index contributed by atoms with van der Waals surface area (Å²) < 4.78 is 3.37. The highest BCUT2D eigenvalue weighted by Crippen LogP contribution is 2.24. The SMILES string of the molecule is O=C(CCn1cnc2ccccc2c1=O)N1CC[C@@H](n2cc(-c3ccccc3)nn2)C1. The molecule has 1 aliphatic heterocycles. The Morgan fingerprint density at radius 1 is 1.06 bits per heavy atom. The summed E-state index contributed by atoms with van der Waals surface area (Å²) in [6, 6.07) is 17.3. The predicted octanol–water partition coefficient (Wildman–Crippen LogP) is 2.52. The van der Waals surface area contributed by atoms with Crippen molar-refractivity contribution in [3.05, 3.63) is 77.5 Å². The molecule has 31 heavy (non-hydrogen) atoms. The average Bonchev–Trinajstić information content (AvgIpc) is 3.49. The number of amides is 1. The van der Waals surface area contributed by atoms with Gasteiger partial charge >= 0.3 is 0 Å². The zero-order valence-electron chi connectivity index (χ0n) is 17.0. The first-order valence-electron chi connectivity index (χ1n) is 10.4. The van der Waals surface area contributed by atoms with E-state index in [-0.39, 0.29) is 23.9 Å². The van der Waals surface area contributed by atoms with Crippen LogP contribution in [-0.2, 0) is 11.3 Å². The molecule has 1 aliphatic rings. The fourth-order valence-electron chi connectivity index (χ4n) is 4.02. The van der Waals surface area contributed by atoms with Crippen molar-refractivity contribution in [1.82, 2.24) is 29.4 Å². The summed E-state index contributed by atoms with van der Waals surface area (Å²) in [5, 5.41) is 9.12. The lowest BCUT2D eigenvalue weighted by Crippen LogP contribution is -2.31. The molecule has 0 spiro atoms. The van der Waals surface area contributed by atoms with Crippen LogP contribution in [0.4, 0.5) is 0 Å². The fourth-order valence-corrected chi connectivity index (χ4v) is 4.02. The molecule has 0 bridgehead atoms. The van der Waals surface area contributed by atoms with E-state index in [0.29, 0.717) is 30.5 Å². The number of aryl methyl sites for hydroxylation is 1. The normalized spacial score (nSPS) is 16.1. The molecule has 1 amide bonds. The van der Waals surface area contributed by atoms with Crippen molar-refractivity contribution in [1.29, 1.82) is 0 Å². The van der Waals surface area contributed by atoms with Gasteiger partial charge in [0.05, 0.1) is 29.5 Å². The third-order valence-electron chi connectivity index (χ3n) is 5.77. The number of aromatic nitrogens is 5. The van der Waals surface area contributed by atoms with Gasteiger partial charge in [-0.05, 0) is 18.6 Å². The van der Waals surface area contributed by atoms with Crippen LogP contribution in [0.1, 0.15) is 18.9 Å². The Hall–Kier alpha value is -3.81. The van der Waals surface area contributed by atoms with Crippen molar-refractivity contribution >= 4 is 16.8 Å². The molecule has 0 saturated carbocycles. The average molecular weight is 414 g/mol. The topological polar surface area (TPSA) is 85.9 Å². The van der Waals surface area contributed by atoms with Crippen molar-refractivity contribution in [3.8, 4) is 11.3 Å². The van der Waals surface area contributed by atoms with Crippen LogP contribution in [0, 0.1) is 0 Å². The van der Waals surface area contributed by atoms with Gasteiger partial charge in [0.25, 0.3) is 5.56 Å². The predicted molar refractivity (Wildman–Crippen MR) is 116 cm³/mol. The molecule has 0 aliphatic carbocycles. The van der Waals surface area contributed by atoms with Crippen molar-refractivity contribution in [2.45, 2.75) is 25.4 Å². The van der Waals surface area contributed by atoms with Crippen molar-refractivity contribution in [2.75, 3.05) is 13.1 Å². The molecule has 5 rings (SSSR count). The number of nitrogens with zero attached hydrogens (tertiary/aromatic N) is 6. The lowest BCUT2D eigenvalue weighted by molar-refractivity contribution is -0.130. The van der Waals surface area contributed by atoms with Crippen molar-refractivity contribution in [2.24, 2.45) is 0 Å². The quantitative estimate of drug-likeness (QED) is 0.501. The summed E-state index contributed by atoms with van der Waals surface area (Å²) in [4.78, 5) is 31.5. The Morgan fingerprint density at radius 3 is 2.74 bits per heavy atom. The highest BCUT2D eigenvalue weighted by molar-refractivity contribution is 5.77. The lowest BCUT2D eigenvalue weighted by Gasteiger charge is -2.17. The third-order valence-corrected chi connectivity index (χ3v) is 5.77. The minimum absolute atomic E-state index is 0.0333. The molecule has 156 valence electrons. The maximum atomic E-state index is 12.7. The number of carbonyl (C=O) groups is 1. The van der Waals surface area contributed by atoms with Crippen LogP contribution >= 0.6 is 0 Å². The zero-order chi connectivity index (χ0) is 21.2. The van der Waals surface area contributed by atoms with E-state index < -0.39 is 0 Å². The number of rotatable bonds is 5. The highest BCUT2D eigenvalue weighted by atomic mass is 16.2. The number of para-hydroxylation sites is 1. The maximum Gasteiger partial charge on any atom is 0.261 e. The van der Waals surface area contributed by atoms with Gasteiger partial charge < -0.3 is 4.90 Å². The van der Waals surface area contributed by atoms with Crippen LogP contribution in [0.3, 0.4) is 0 Å². The molecule has 4 aromatic rings. The minimum atomic E-state index is -0.117. The van der Waals surface area contributed by atoms with Gasteiger partial charge in [0, 0.05) is 31.6 Å². The molecule has 2 aromatic heterocycles. The summed E-state index contributed by atoms with van der Waals surface area (Å²) in [5.74, 6) is 0.0333. The van der Waals surface area contributed by atoms with Gasteiger partial charge in [-0.25, -0.2) is 9.67 Å². The molecular weight excluding hydrogens is 392 g/mol. The first-order valence-corrected chi connectivity index (χ1v) is 10.4. The number of likely N-dealkylation sites (tertiary alicyclic amines) is 1. The summed E-state index contributed by atoms with van der Waals surface area (Å²) in [6.45, 7) is 1.59.